The van der Waals surface area contributed by atoms with Crippen LogP contribution in [0.1, 0.15) is 60.4 Å². The van der Waals surface area contributed by atoms with Gasteiger partial charge in [0.1, 0.15) is 0 Å². The lowest BCUT2D eigenvalue weighted by Crippen LogP contribution is -2.40. The third kappa shape index (κ3) is 5.23. The molecule has 1 aromatic carbocycles. The molecule has 1 aromatic rings. The fourth-order valence-electron chi connectivity index (χ4n) is 4.29. The zero-order chi connectivity index (χ0) is 18.5. The highest BCUT2D eigenvalue weighted by molar-refractivity contribution is 5.94. The number of nitrogens with one attached hydrogen (secondary N) is 1. The third-order valence-electron chi connectivity index (χ3n) is 6.07. The predicted molar refractivity (Wildman–Crippen MR) is 108 cm³/mol. The maximum absolute atomic E-state index is 12.8. The Hall–Kier alpha value is -1.59. The van der Waals surface area contributed by atoms with Crippen LogP contribution in [0.25, 0.3) is 0 Å². The van der Waals surface area contributed by atoms with Crippen LogP contribution in [0.3, 0.4) is 0 Å². The fourth-order valence-corrected chi connectivity index (χ4v) is 4.29. The molecule has 0 unspecified atom stereocenters. The predicted octanol–water partition coefficient (Wildman–Crippen LogP) is 3.38. The summed E-state index contributed by atoms with van der Waals surface area (Å²) in [6.45, 7) is 2.14. The SMILES string of the molecule is COC(=O)[C@H]1CC[C@H](N(C)C(=O)c2ccc(C3CCNCC3)cc2)CC1.Cl. The molecule has 1 N–H and O–H groups in total. The first-order chi connectivity index (χ1) is 12.6. The molecule has 1 heterocycles. The summed E-state index contributed by atoms with van der Waals surface area (Å²) in [6, 6.07) is 8.37. The van der Waals surface area contributed by atoms with Crippen LogP contribution in [0.15, 0.2) is 24.3 Å². The Bertz CT molecular complexity index is 621. The first-order valence-corrected chi connectivity index (χ1v) is 9.75. The lowest BCUT2D eigenvalue weighted by molar-refractivity contribution is -0.146. The van der Waals surface area contributed by atoms with Crippen LogP contribution in [0.4, 0.5) is 0 Å². The van der Waals surface area contributed by atoms with Gasteiger partial charge in [-0.25, -0.2) is 0 Å². The monoisotopic (exact) mass is 394 g/mol. The molecule has 2 fully saturated rings. The van der Waals surface area contributed by atoms with Gasteiger partial charge in [0, 0.05) is 18.7 Å². The van der Waals surface area contributed by atoms with E-state index in [2.05, 4.69) is 17.4 Å². The molecule has 2 aliphatic rings. The maximum atomic E-state index is 12.8. The molecular formula is C21H31ClN2O3. The van der Waals surface area contributed by atoms with Gasteiger partial charge >= 0.3 is 5.97 Å². The molecule has 1 aliphatic heterocycles. The van der Waals surface area contributed by atoms with Crippen LogP contribution in [0.5, 0.6) is 0 Å². The third-order valence-corrected chi connectivity index (χ3v) is 6.07. The minimum atomic E-state index is -0.120. The van der Waals surface area contributed by atoms with Crippen molar-refractivity contribution in [3.05, 3.63) is 35.4 Å². The number of carbonyl (C=O) groups excluding carboxylic acids is 2. The standard InChI is InChI=1S/C21H30N2O3.ClH/c1-23(19-9-7-18(8-10-19)21(25)26-2)20(24)17-5-3-15(4-6-17)16-11-13-22-14-12-16;/h3-6,16,18-19,22H,7-14H2,1-2H3;1H/t18-,19-;. The van der Waals surface area contributed by atoms with Crippen molar-refractivity contribution in [2.75, 3.05) is 27.2 Å². The van der Waals surface area contributed by atoms with Gasteiger partial charge in [0.15, 0.2) is 0 Å². The summed E-state index contributed by atoms with van der Waals surface area (Å²) in [6.07, 6.45) is 5.63. The number of hydrogen-bond donors (Lipinski definition) is 1. The van der Waals surface area contributed by atoms with Crippen LogP contribution in [0, 0.1) is 5.92 Å². The van der Waals surface area contributed by atoms with E-state index < -0.39 is 0 Å². The van der Waals surface area contributed by atoms with Gasteiger partial charge < -0.3 is 15.0 Å². The molecule has 0 aromatic heterocycles. The highest BCUT2D eigenvalue weighted by Gasteiger charge is 2.30. The van der Waals surface area contributed by atoms with Crippen LogP contribution in [0.2, 0.25) is 0 Å². The van der Waals surface area contributed by atoms with Crippen LogP contribution < -0.4 is 5.32 Å². The fraction of sp³-hybridized carbons (Fsp3) is 0.619. The quantitative estimate of drug-likeness (QED) is 0.795. The topological polar surface area (TPSA) is 58.6 Å². The van der Waals surface area contributed by atoms with Crippen LogP contribution >= 0.6 is 12.4 Å². The van der Waals surface area contributed by atoms with E-state index in [1.165, 1.54) is 12.7 Å². The molecule has 1 amide bonds. The summed E-state index contributed by atoms with van der Waals surface area (Å²) in [5.41, 5.74) is 2.09. The van der Waals surface area contributed by atoms with Gasteiger partial charge in [-0.15, -0.1) is 12.4 Å². The van der Waals surface area contributed by atoms with E-state index in [9.17, 15) is 9.59 Å². The lowest BCUT2D eigenvalue weighted by atomic mass is 9.85. The molecule has 0 atom stereocenters. The Kier molecular flexibility index (Phi) is 8.11. The van der Waals surface area contributed by atoms with Crippen molar-refractivity contribution < 1.29 is 14.3 Å². The highest BCUT2D eigenvalue weighted by atomic mass is 35.5. The van der Waals surface area contributed by atoms with Crippen molar-refractivity contribution in [1.29, 1.82) is 0 Å². The summed E-state index contributed by atoms with van der Waals surface area (Å²) in [4.78, 5) is 26.3. The van der Waals surface area contributed by atoms with Gasteiger partial charge in [0.05, 0.1) is 13.0 Å². The number of esters is 1. The van der Waals surface area contributed by atoms with E-state index in [1.807, 2.05) is 24.1 Å². The van der Waals surface area contributed by atoms with Gasteiger partial charge in [-0.2, -0.15) is 0 Å². The van der Waals surface area contributed by atoms with Crippen molar-refractivity contribution in [1.82, 2.24) is 10.2 Å². The molecule has 0 radical (unpaired) electrons. The Morgan fingerprint density at radius 1 is 1.00 bits per heavy atom. The summed E-state index contributed by atoms with van der Waals surface area (Å²) in [5, 5.41) is 3.39. The Labute approximate surface area is 168 Å². The van der Waals surface area contributed by atoms with Crippen LogP contribution in [-0.2, 0) is 9.53 Å². The molecule has 0 bridgehead atoms. The maximum Gasteiger partial charge on any atom is 0.308 e. The van der Waals surface area contributed by atoms with Crippen molar-refractivity contribution in [2.24, 2.45) is 5.92 Å². The van der Waals surface area contributed by atoms with E-state index in [4.69, 9.17) is 4.74 Å². The molecule has 1 aliphatic carbocycles. The summed E-state index contributed by atoms with van der Waals surface area (Å²) in [5.74, 6) is 0.546. The van der Waals surface area contributed by atoms with Gasteiger partial charge in [-0.1, -0.05) is 12.1 Å². The number of benzene rings is 1. The summed E-state index contributed by atoms with van der Waals surface area (Å²) in [7, 11) is 3.32. The van der Waals surface area contributed by atoms with E-state index in [-0.39, 0.29) is 36.2 Å². The number of ether oxygens (including phenoxy) is 1. The molecule has 1 saturated carbocycles. The first-order valence-electron chi connectivity index (χ1n) is 9.75. The second-order valence-electron chi connectivity index (χ2n) is 7.59. The number of hydrogen-bond acceptors (Lipinski definition) is 4. The number of rotatable bonds is 4. The van der Waals surface area contributed by atoms with Gasteiger partial charge in [-0.05, 0) is 75.2 Å². The van der Waals surface area contributed by atoms with Crippen molar-refractivity contribution >= 4 is 24.3 Å². The second kappa shape index (κ2) is 10.1. The van der Waals surface area contributed by atoms with Crippen molar-refractivity contribution in [3.63, 3.8) is 0 Å². The second-order valence-corrected chi connectivity index (χ2v) is 7.59. The van der Waals surface area contributed by atoms with Crippen LogP contribution in [-0.4, -0.2) is 50.1 Å². The highest BCUT2D eigenvalue weighted by Crippen LogP contribution is 2.29. The smallest absolute Gasteiger partial charge is 0.308 e. The molecule has 150 valence electrons. The molecule has 6 heteroatoms. The molecule has 3 rings (SSSR count). The minimum absolute atomic E-state index is 0. The van der Waals surface area contributed by atoms with Crippen molar-refractivity contribution in [3.8, 4) is 0 Å². The molecule has 0 spiro atoms. The normalized spacial score (nSPS) is 23.2. The van der Waals surface area contributed by atoms with E-state index in [1.54, 1.807) is 0 Å². The minimum Gasteiger partial charge on any atom is -0.469 e. The molecular weight excluding hydrogens is 364 g/mol. The van der Waals surface area contributed by atoms with Gasteiger partial charge in [0.25, 0.3) is 5.91 Å². The lowest BCUT2D eigenvalue weighted by Gasteiger charge is -2.34. The Balaban J connectivity index is 0.00000261. The zero-order valence-corrected chi connectivity index (χ0v) is 17.1. The number of methoxy groups -OCH3 is 1. The number of carbonyl (C=O) groups is 2. The summed E-state index contributed by atoms with van der Waals surface area (Å²) < 4.78 is 4.84. The van der Waals surface area contributed by atoms with Gasteiger partial charge in [0.2, 0.25) is 0 Å². The number of piperidine rings is 1. The molecule has 27 heavy (non-hydrogen) atoms. The number of amides is 1. The van der Waals surface area contributed by atoms with Gasteiger partial charge in [-0.3, -0.25) is 9.59 Å². The van der Waals surface area contributed by atoms with Crippen molar-refractivity contribution in [2.45, 2.75) is 50.5 Å². The average Bonchev–Trinajstić information content (AvgIpc) is 2.73. The Morgan fingerprint density at radius 3 is 2.15 bits per heavy atom. The molecule has 5 nitrogen and oxygen atoms in total. The molecule has 1 saturated heterocycles. The number of nitrogens with zero attached hydrogens (tertiary/aromatic N) is 1. The largest absolute Gasteiger partial charge is 0.469 e. The first kappa shape index (κ1) is 21.7. The summed E-state index contributed by atoms with van der Waals surface area (Å²) >= 11 is 0. The Morgan fingerprint density at radius 2 is 1.59 bits per heavy atom. The van der Waals surface area contributed by atoms with E-state index in [0.29, 0.717) is 5.92 Å². The average molecular weight is 395 g/mol. The number of halogens is 1. The van der Waals surface area contributed by atoms with E-state index >= 15 is 0 Å². The van der Waals surface area contributed by atoms with E-state index in [0.717, 1.165) is 57.2 Å². The zero-order valence-electron chi connectivity index (χ0n) is 16.3.